The van der Waals surface area contributed by atoms with E-state index in [1.807, 2.05) is 29.6 Å². The zero-order valence-electron chi connectivity index (χ0n) is 24.0. The molecule has 0 amide bonds. The van der Waals surface area contributed by atoms with E-state index < -0.39 is 6.10 Å². The Hall–Kier alpha value is -3.46. The van der Waals surface area contributed by atoms with Gasteiger partial charge in [0.25, 0.3) is 5.19 Å². The van der Waals surface area contributed by atoms with E-state index in [4.69, 9.17) is 28.4 Å². The SMILES string of the molecule is CCCc1c(OCCCOc2ccc(-c3csc(OC)n3)c(OC)c2CCC)ccc2c1OC(C(=O)OC)CC2. The van der Waals surface area contributed by atoms with E-state index in [0.717, 1.165) is 83.0 Å². The molecule has 0 fully saturated rings. The van der Waals surface area contributed by atoms with Crippen LogP contribution in [0.5, 0.6) is 28.2 Å². The van der Waals surface area contributed by atoms with Gasteiger partial charge < -0.3 is 28.4 Å². The van der Waals surface area contributed by atoms with Gasteiger partial charge in [0.1, 0.15) is 23.0 Å². The van der Waals surface area contributed by atoms with Gasteiger partial charge in [-0.05, 0) is 49.4 Å². The molecule has 0 radical (unpaired) electrons. The van der Waals surface area contributed by atoms with Gasteiger partial charge in [0.05, 0.1) is 40.2 Å². The second kappa shape index (κ2) is 14.3. The molecule has 2 heterocycles. The molecule has 9 heteroatoms. The van der Waals surface area contributed by atoms with Crippen molar-refractivity contribution in [1.82, 2.24) is 4.98 Å². The molecular weight excluding hydrogens is 530 g/mol. The predicted octanol–water partition coefficient (Wildman–Crippen LogP) is 6.45. The van der Waals surface area contributed by atoms with Gasteiger partial charge in [-0.25, -0.2) is 9.78 Å². The molecule has 0 saturated carbocycles. The first kappa shape index (κ1) is 29.5. The van der Waals surface area contributed by atoms with Crippen LogP contribution in [-0.2, 0) is 28.8 Å². The summed E-state index contributed by atoms with van der Waals surface area (Å²) in [7, 11) is 4.69. The lowest BCUT2D eigenvalue weighted by atomic mass is 9.96. The second-order valence-corrected chi connectivity index (χ2v) is 10.4. The monoisotopic (exact) mass is 569 g/mol. The van der Waals surface area contributed by atoms with Crippen LogP contribution in [0, 0.1) is 0 Å². The summed E-state index contributed by atoms with van der Waals surface area (Å²) in [6.45, 7) is 5.25. The second-order valence-electron chi connectivity index (χ2n) is 9.58. The maximum atomic E-state index is 12.1. The third kappa shape index (κ3) is 6.63. The minimum Gasteiger partial charge on any atom is -0.496 e. The number of ether oxygens (including phenoxy) is 6. The molecular formula is C31H39NO7S. The average molecular weight is 570 g/mol. The summed E-state index contributed by atoms with van der Waals surface area (Å²) in [6, 6.07) is 8.04. The van der Waals surface area contributed by atoms with Crippen LogP contribution in [0.2, 0.25) is 0 Å². The lowest BCUT2D eigenvalue weighted by molar-refractivity contribution is -0.149. The number of aryl methyl sites for hydroxylation is 1. The van der Waals surface area contributed by atoms with Crippen LogP contribution in [0.25, 0.3) is 11.3 Å². The fourth-order valence-electron chi connectivity index (χ4n) is 4.97. The third-order valence-corrected chi connectivity index (χ3v) is 7.66. The van der Waals surface area contributed by atoms with E-state index in [9.17, 15) is 4.79 Å². The van der Waals surface area contributed by atoms with Crippen LogP contribution in [0.15, 0.2) is 29.6 Å². The molecule has 2 aromatic carbocycles. The van der Waals surface area contributed by atoms with Crippen LogP contribution < -0.4 is 23.7 Å². The minimum atomic E-state index is -0.574. The summed E-state index contributed by atoms with van der Waals surface area (Å²) < 4.78 is 34.6. The van der Waals surface area contributed by atoms with E-state index in [2.05, 4.69) is 18.8 Å². The molecule has 4 rings (SSSR count). The Morgan fingerprint density at radius 3 is 2.33 bits per heavy atom. The summed E-state index contributed by atoms with van der Waals surface area (Å²) in [4.78, 5) is 16.6. The highest BCUT2D eigenvalue weighted by molar-refractivity contribution is 7.11. The molecule has 1 atom stereocenters. The van der Waals surface area contributed by atoms with E-state index in [0.29, 0.717) is 31.2 Å². The maximum absolute atomic E-state index is 12.1. The fourth-order valence-corrected chi connectivity index (χ4v) is 5.61. The zero-order valence-corrected chi connectivity index (χ0v) is 24.9. The highest BCUT2D eigenvalue weighted by Gasteiger charge is 2.29. The Labute approximate surface area is 240 Å². The van der Waals surface area contributed by atoms with E-state index >= 15 is 0 Å². The molecule has 8 nitrogen and oxygen atoms in total. The van der Waals surface area contributed by atoms with Crippen LogP contribution in [0.1, 0.15) is 56.2 Å². The number of fused-ring (bicyclic) bond motifs is 1. The van der Waals surface area contributed by atoms with E-state index in [1.54, 1.807) is 14.2 Å². The van der Waals surface area contributed by atoms with Gasteiger partial charge in [-0.15, -0.1) is 0 Å². The molecule has 3 aromatic rings. The van der Waals surface area contributed by atoms with Gasteiger partial charge in [-0.1, -0.05) is 44.1 Å². The fraction of sp³-hybridized carbons (Fsp3) is 0.484. The molecule has 0 bridgehead atoms. The van der Waals surface area contributed by atoms with Crippen LogP contribution in [-0.4, -0.2) is 51.6 Å². The Bertz CT molecular complexity index is 1290. The Balaban J connectivity index is 1.42. The number of esters is 1. The first-order chi connectivity index (χ1) is 19.5. The third-order valence-electron chi connectivity index (χ3n) is 6.86. The van der Waals surface area contributed by atoms with Crippen molar-refractivity contribution < 1.29 is 33.2 Å². The molecule has 1 aliphatic heterocycles. The minimum absolute atomic E-state index is 0.338. The van der Waals surface area contributed by atoms with Crippen molar-refractivity contribution in [3.63, 3.8) is 0 Å². The van der Waals surface area contributed by atoms with Gasteiger partial charge in [0, 0.05) is 28.5 Å². The van der Waals surface area contributed by atoms with Crippen molar-refractivity contribution in [3.05, 3.63) is 46.3 Å². The van der Waals surface area contributed by atoms with Gasteiger partial charge in [0.2, 0.25) is 0 Å². The summed E-state index contributed by atoms with van der Waals surface area (Å²) in [6.07, 6.45) is 5.05. The van der Waals surface area contributed by atoms with Crippen molar-refractivity contribution in [1.29, 1.82) is 0 Å². The Morgan fingerprint density at radius 2 is 1.68 bits per heavy atom. The predicted molar refractivity (Wildman–Crippen MR) is 155 cm³/mol. The highest BCUT2D eigenvalue weighted by atomic mass is 32.1. The number of hydrogen-bond donors (Lipinski definition) is 0. The zero-order chi connectivity index (χ0) is 28.5. The first-order valence-corrected chi connectivity index (χ1v) is 14.8. The number of methoxy groups -OCH3 is 3. The van der Waals surface area contributed by atoms with Gasteiger partial charge in [-0.3, -0.25) is 0 Å². The Kier molecular flexibility index (Phi) is 10.5. The first-order valence-electron chi connectivity index (χ1n) is 13.9. The molecule has 1 aromatic heterocycles. The lowest BCUT2D eigenvalue weighted by Crippen LogP contribution is -2.32. The van der Waals surface area contributed by atoms with Crippen molar-refractivity contribution in [2.75, 3.05) is 34.5 Å². The number of thiazole rings is 1. The normalized spacial score (nSPS) is 14.2. The summed E-state index contributed by atoms with van der Waals surface area (Å²) >= 11 is 1.46. The van der Waals surface area contributed by atoms with Crippen molar-refractivity contribution in [2.45, 2.75) is 64.9 Å². The quantitative estimate of drug-likeness (QED) is 0.162. The van der Waals surface area contributed by atoms with Gasteiger partial charge in [-0.2, -0.15) is 0 Å². The van der Waals surface area contributed by atoms with E-state index in [1.165, 1.54) is 18.4 Å². The highest BCUT2D eigenvalue weighted by Crippen LogP contribution is 2.41. The smallest absolute Gasteiger partial charge is 0.347 e. The van der Waals surface area contributed by atoms with Crippen molar-refractivity contribution >= 4 is 17.3 Å². The summed E-state index contributed by atoms with van der Waals surface area (Å²) in [5, 5.41) is 2.59. The number of benzene rings is 2. The van der Waals surface area contributed by atoms with Crippen LogP contribution in [0.3, 0.4) is 0 Å². The van der Waals surface area contributed by atoms with Crippen molar-refractivity contribution in [2.24, 2.45) is 0 Å². The van der Waals surface area contributed by atoms with Gasteiger partial charge in [0.15, 0.2) is 6.10 Å². The molecule has 216 valence electrons. The number of rotatable bonds is 14. The lowest BCUT2D eigenvalue weighted by Gasteiger charge is -2.27. The number of carbonyl (C=O) groups excluding carboxylic acids is 1. The number of nitrogens with zero attached hydrogens (tertiary/aromatic N) is 1. The summed E-state index contributed by atoms with van der Waals surface area (Å²) in [5.74, 6) is 2.82. The molecule has 40 heavy (non-hydrogen) atoms. The largest absolute Gasteiger partial charge is 0.496 e. The molecule has 0 aliphatic carbocycles. The van der Waals surface area contributed by atoms with Gasteiger partial charge >= 0.3 is 5.97 Å². The average Bonchev–Trinajstić information content (AvgIpc) is 3.47. The number of hydrogen-bond acceptors (Lipinski definition) is 9. The molecule has 0 spiro atoms. The van der Waals surface area contributed by atoms with Crippen LogP contribution in [0.4, 0.5) is 0 Å². The maximum Gasteiger partial charge on any atom is 0.347 e. The Morgan fingerprint density at radius 1 is 0.975 bits per heavy atom. The van der Waals surface area contributed by atoms with Crippen molar-refractivity contribution in [3.8, 4) is 39.4 Å². The van der Waals surface area contributed by atoms with Crippen LogP contribution >= 0.6 is 11.3 Å². The number of carbonyl (C=O) groups is 1. The standard InChI is InChI=1S/C31H39NO7S/c1-6-9-22-25(14-11-20-12-15-27(30(33)35-4)39-28(20)22)37-17-8-18-38-26-16-13-21(24-19-40-31(32-24)36-5)29(34-3)23(26)10-7-2/h11,13-14,16,19,27H,6-10,12,15,17-18H2,1-5H3. The molecule has 1 aliphatic rings. The number of aromatic nitrogens is 1. The topological polar surface area (TPSA) is 85.3 Å². The summed E-state index contributed by atoms with van der Waals surface area (Å²) in [5.41, 5.74) is 4.90. The molecule has 1 unspecified atom stereocenters. The molecule has 0 N–H and O–H groups in total. The van der Waals surface area contributed by atoms with E-state index in [-0.39, 0.29) is 5.97 Å². The molecule has 0 saturated heterocycles.